The van der Waals surface area contributed by atoms with Crippen LogP contribution in [0.25, 0.3) is 0 Å². The first-order chi connectivity index (χ1) is 7.25. The van der Waals surface area contributed by atoms with Crippen LogP contribution in [-0.2, 0) is 0 Å². The van der Waals surface area contributed by atoms with Crippen molar-refractivity contribution in [1.82, 2.24) is 15.0 Å². The van der Waals surface area contributed by atoms with Gasteiger partial charge in [0.05, 0.1) is 29.5 Å². The van der Waals surface area contributed by atoms with Crippen LogP contribution in [0.1, 0.15) is 5.69 Å². The summed E-state index contributed by atoms with van der Waals surface area (Å²) in [6.45, 7) is 1.86. The predicted octanol–water partition coefficient (Wildman–Crippen LogP) is 1.51. The molecule has 5 heteroatoms. The molecule has 0 aliphatic carbocycles. The van der Waals surface area contributed by atoms with Crippen LogP contribution in [0.5, 0.6) is 0 Å². The maximum atomic E-state index is 5.67. The molecule has 15 heavy (non-hydrogen) atoms. The summed E-state index contributed by atoms with van der Waals surface area (Å²) in [6.07, 6.45) is 4.84. The maximum absolute atomic E-state index is 5.67. The zero-order valence-electron chi connectivity index (χ0n) is 8.31. The first-order valence-corrected chi connectivity index (χ1v) is 4.51. The zero-order chi connectivity index (χ0) is 10.7. The molecule has 3 N–H and O–H groups in total. The van der Waals surface area contributed by atoms with E-state index in [9.17, 15) is 0 Å². The molecule has 5 nitrogen and oxygen atoms in total. The summed E-state index contributed by atoms with van der Waals surface area (Å²) in [4.78, 5) is 12.1. The van der Waals surface area contributed by atoms with E-state index in [0.717, 1.165) is 17.2 Å². The Morgan fingerprint density at radius 2 is 1.93 bits per heavy atom. The summed E-state index contributed by atoms with van der Waals surface area (Å²) in [7, 11) is 0. The molecule has 0 aliphatic rings. The number of rotatable bonds is 2. The van der Waals surface area contributed by atoms with E-state index in [-0.39, 0.29) is 0 Å². The maximum Gasteiger partial charge on any atom is 0.130 e. The highest BCUT2D eigenvalue weighted by atomic mass is 15.0. The molecule has 0 unspecified atom stereocenters. The number of nitrogens with one attached hydrogen (secondary N) is 1. The Morgan fingerprint density at radius 1 is 1.20 bits per heavy atom. The fourth-order valence-corrected chi connectivity index (χ4v) is 1.15. The number of nitrogen functional groups attached to an aromatic ring is 1. The second-order valence-corrected chi connectivity index (χ2v) is 3.12. The molecule has 0 bridgehead atoms. The van der Waals surface area contributed by atoms with Crippen LogP contribution in [0.3, 0.4) is 0 Å². The van der Waals surface area contributed by atoms with Gasteiger partial charge in [-0.2, -0.15) is 0 Å². The Balaban J connectivity index is 2.22. The van der Waals surface area contributed by atoms with Crippen molar-refractivity contribution < 1.29 is 0 Å². The molecule has 2 heterocycles. The third kappa shape index (κ3) is 2.19. The molecule has 2 aromatic rings. The fraction of sp³-hybridized carbons (Fsp3) is 0.100. The normalized spacial score (nSPS) is 9.93. The van der Waals surface area contributed by atoms with Crippen LogP contribution in [0.15, 0.2) is 30.9 Å². The second kappa shape index (κ2) is 3.91. The van der Waals surface area contributed by atoms with Crippen molar-refractivity contribution in [1.29, 1.82) is 0 Å². The Labute approximate surface area is 87.4 Å². The highest BCUT2D eigenvalue weighted by Crippen LogP contribution is 2.15. The van der Waals surface area contributed by atoms with Gasteiger partial charge in [-0.15, -0.1) is 0 Å². The van der Waals surface area contributed by atoms with Gasteiger partial charge in [0.25, 0.3) is 0 Å². The van der Waals surface area contributed by atoms with Crippen molar-refractivity contribution in [3.63, 3.8) is 0 Å². The lowest BCUT2D eigenvalue weighted by Crippen LogP contribution is -1.98. The van der Waals surface area contributed by atoms with E-state index in [0.29, 0.717) is 5.69 Å². The minimum absolute atomic E-state index is 0.685. The summed E-state index contributed by atoms with van der Waals surface area (Å²) in [5.41, 5.74) is 7.95. The Bertz CT molecular complexity index is 455. The quantitative estimate of drug-likeness (QED) is 0.770. The van der Waals surface area contributed by atoms with Gasteiger partial charge in [-0.1, -0.05) is 0 Å². The molecule has 2 aromatic heterocycles. The second-order valence-electron chi connectivity index (χ2n) is 3.12. The van der Waals surface area contributed by atoms with Crippen LogP contribution < -0.4 is 11.1 Å². The highest BCUT2D eigenvalue weighted by Gasteiger charge is 1.98. The van der Waals surface area contributed by atoms with Crippen LogP contribution >= 0.6 is 0 Å². The molecule has 0 atom stereocenters. The van der Waals surface area contributed by atoms with Gasteiger partial charge in [0.2, 0.25) is 0 Å². The molecule has 0 aromatic carbocycles. The van der Waals surface area contributed by atoms with Gasteiger partial charge in [0, 0.05) is 0 Å². The van der Waals surface area contributed by atoms with E-state index in [4.69, 9.17) is 5.73 Å². The number of nitrogens with zero attached hydrogens (tertiary/aromatic N) is 3. The van der Waals surface area contributed by atoms with Gasteiger partial charge >= 0.3 is 0 Å². The molecule has 2 rings (SSSR count). The van der Waals surface area contributed by atoms with Gasteiger partial charge in [0.1, 0.15) is 12.1 Å². The standard InChI is InChI=1S/C10H11N5/c1-7-9(11)2-3-10(14-7)15-8-4-12-6-13-5-8/h2-6H,11H2,1H3,(H,14,15). The average molecular weight is 201 g/mol. The first-order valence-electron chi connectivity index (χ1n) is 4.51. The number of aryl methyl sites for hydroxylation is 1. The lowest BCUT2D eigenvalue weighted by atomic mass is 10.3. The first kappa shape index (κ1) is 9.39. The van der Waals surface area contributed by atoms with Crippen molar-refractivity contribution in [3.05, 3.63) is 36.5 Å². The number of pyridine rings is 1. The molecule has 0 saturated heterocycles. The van der Waals surface area contributed by atoms with Crippen molar-refractivity contribution in [2.45, 2.75) is 6.92 Å². The zero-order valence-corrected chi connectivity index (χ0v) is 8.31. The Kier molecular flexibility index (Phi) is 2.45. The van der Waals surface area contributed by atoms with Crippen LogP contribution in [0.2, 0.25) is 0 Å². The van der Waals surface area contributed by atoms with Crippen molar-refractivity contribution >= 4 is 17.2 Å². The van der Waals surface area contributed by atoms with Crippen molar-refractivity contribution in [2.75, 3.05) is 11.1 Å². The summed E-state index contributed by atoms with van der Waals surface area (Å²) in [5, 5.41) is 3.08. The molecule has 0 amide bonds. The average Bonchev–Trinajstić information content (AvgIpc) is 2.25. The molecule has 76 valence electrons. The van der Waals surface area contributed by atoms with E-state index in [1.807, 2.05) is 19.1 Å². The van der Waals surface area contributed by atoms with Crippen LogP contribution in [0, 0.1) is 6.92 Å². The Morgan fingerprint density at radius 3 is 2.60 bits per heavy atom. The van der Waals surface area contributed by atoms with Gasteiger partial charge in [-0.05, 0) is 19.1 Å². The van der Waals surface area contributed by atoms with Crippen molar-refractivity contribution in [3.8, 4) is 0 Å². The molecule has 0 radical (unpaired) electrons. The topological polar surface area (TPSA) is 76.7 Å². The van der Waals surface area contributed by atoms with E-state index in [2.05, 4.69) is 20.3 Å². The lowest BCUT2D eigenvalue weighted by molar-refractivity contribution is 1.15. The SMILES string of the molecule is Cc1nc(Nc2cncnc2)ccc1N. The monoisotopic (exact) mass is 201 g/mol. The van der Waals surface area contributed by atoms with Crippen LogP contribution in [0.4, 0.5) is 17.2 Å². The molecular formula is C10H11N5. The van der Waals surface area contributed by atoms with Gasteiger partial charge in [-0.25, -0.2) is 15.0 Å². The lowest BCUT2D eigenvalue weighted by Gasteiger charge is -2.06. The van der Waals surface area contributed by atoms with E-state index in [1.54, 1.807) is 12.4 Å². The fourth-order valence-electron chi connectivity index (χ4n) is 1.15. The minimum atomic E-state index is 0.685. The van der Waals surface area contributed by atoms with Crippen molar-refractivity contribution in [2.24, 2.45) is 0 Å². The van der Waals surface area contributed by atoms with E-state index < -0.39 is 0 Å². The highest BCUT2D eigenvalue weighted by molar-refractivity contribution is 5.57. The van der Waals surface area contributed by atoms with E-state index >= 15 is 0 Å². The smallest absolute Gasteiger partial charge is 0.130 e. The summed E-state index contributed by atoms with van der Waals surface area (Å²) in [6, 6.07) is 3.63. The summed E-state index contributed by atoms with van der Waals surface area (Å²) in [5.74, 6) is 0.733. The molecule has 0 aliphatic heterocycles. The predicted molar refractivity (Wildman–Crippen MR) is 58.7 cm³/mol. The number of aromatic nitrogens is 3. The third-order valence-corrected chi connectivity index (χ3v) is 1.96. The minimum Gasteiger partial charge on any atom is -0.397 e. The summed E-state index contributed by atoms with van der Waals surface area (Å²) < 4.78 is 0. The van der Waals surface area contributed by atoms with Gasteiger partial charge in [-0.3, -0.25) is 0 Å². The van der Waals surface area contributed by atoms with E-state index in [1.165, 1.54) is 6.33 Å². The Hall–Kier alpha value is -2.17. The molecule has 0 saturated carbocycles. The number of hydrogen-bond acceptors (Lipinski definition) is 5. The number of nitrogens with two attached hydrogens (primary N) is 1. The van der Waals surface area contributed by atoms with Gasteiger partial charge in [0.15, 0.2) is 0 Å². The molecule has 0 fully saturated rings. The largest absolute Gasteiger partial charge is 0.397 e. The van der Waals surface area contributed by atoms with Gasteiger partial charge < -0.3 is 11.1 Å². The number of anilines is 3. The van der Waals surface area contributed by atoms with Crippen LogP contribution in [-0.4, -0.2) is 15.0 Å². The summed E-state index contributed by atoms with van der Waals surface area (Å²) >= 11 is 0. The molecule has 0 spiro atoms. The number of hydrogen-bond donors (Lipinski definition) is 2. The third-order valence-electron chi connectivity index (χ3n) is 1.96. The molecular weight excluding hydrogens is 190 g/mol.